The molecule has 7 heteroatoms. The van der Waals surface area contributed by atoms with E-state index in [-0.39, 0.29) is 18.3 Å². The van der Waals surface area contributed by atoms with Crippen molar-refractivity contribution in [2.24, 2.45) is 5.10 Å². The van der Waals surface area contributed by atoms with Crippen LogP contribution in [0.3, 0.4) is 0 Å². The highest BCUT2D eigenvalue weighted by Crippen LogP contribution is 2.34. The van der Waals surface area contributed by atoms with E-state index >= 15 is 0 Å². The van der Waals surface area contributed by atoms with E-state index in [1.54, 1.807) is 31.2 Å². The van der Waals surface area contributed by atoms with Crippen LogP contribution >= 0.6 is 31.9 Å². The van der Waals surface area contributed by atoms with Crippen LogP contribution in [-0.4, -0.2) is 23.3 Å². The van der Waals surface area contributed by atoms with Gasteiger partial charge in [-0.05, 0) is 81.7 Å². The molecule has 0 heterocycles. The second-order valence-electron chi connectivity index (χ2n) is 5.81. The summed E-state index contributed by atoms with van der Waals surface area (Å²) in [6, 6.07) is 16.3. The van der Waals surface area contributed by atoms with Gasteiger partial charge in [-0.2, -0.15) is 5.10 Å². The molecule has 0 radical (unpaired) electrons. The Labute approximate surface area is 173 Å². The molecule has 0 saturated heterocycles. The summed E-state index contributed by atoms with van der Waals surface area (Å²) in [7, 11) is 0. The van der Waals surface area contributed by atoms with Gasteiger partial charge in [-0.15, -0.1) is 0 Å². The summed E-state index contributed by atoms with van der Waals surface area (Å²) >= 11 is 6.99. The number of amides is 1. The second-order valence-corrected chi connectivity index (χ2v) is 7.52. The smallest absolute Gasteiger partial charge is 0.277 e. The third-order valence-corrected chi connectivity index (χ3v) is 5.18. The Kier molecular flexibility index (Phi) is 6.13. The van der Waals surface area contributed by atoms with Gasteiger partial charge in [0, 0.05) is 4.47 Å². The molecule has 0 fully saturated rings. The summed E-state index contributed by atoms with van der Waals surface area (Å²) in [5, 5.41) is 15.4. The van der Waals surface area contributed by atoms with Crippen LogP contribution in [0.1, 0.15) is 12.5 Å². The monoisotopic (exact) mass is 490 g/mol. The van der Waals surface area contributed by atoms with Gasteiger partial charge in [-0.1, -0.05) is 28.1 Å². The molecule has 0 atom stereocenters. The molecule has 0 aromatic heterocycles. The predicted octanol–water partition coefficient (Wildman–Crippen LogP) is 4.99. The van der Waals surface area contributed by atoms with E-state index in [2.05, 4.69) is 42.4 Å². The molecule has 0 spiro atoms. The fourth-order valence-corrected chi connectivity index (χ4v) is 3.43. The first kappa shape index (κ1) is 19.4. The predicted molar refractivity (Wildman–Crippen MR) is 113 cm³/mol. The van der Waals surface area contributed by atoms with E-state index in [0.29, 0.717) is 11.5 Å². The van der Waals surface area contributed by atoms with Crippen LogP contribution < -0.4 is 10.2 Å². The van der Waals surface area contributed by atoms with Crippen LogP contribution in [0.25, 0.3) is 10.8 Å². The number of phenolic OH excluding ortho intramolecular Hbond substituents is 1. The molecule has 2 N–H and O–H groups in total. The highest BCUT2D eigenvalue weighted by Gasteiger charge is 2.09. The van der Waals surface area contributed by atoms with Crippen molar-refractivity contribution in [3.63, 3.8) is 0 Å². The number of benzene rings is 3. The Hall–Kier alpha value is -2.38. The topological polar surface area (TPSA) is 70.9 Å². The number of hydrazone groups is 1. The van der Waals surface area contributed by atoms with Crippen LogP contribution in [0.15, 0.2) is 68.6 Å². The number of hydrogen-bond donors (Lipinski definition) is 2. The van der Waals surface area contributed by atoms with E-state index in [1.807, 2.05) is 30.3 Å². The van der Waals surface area contributed by atoms with Crippen molar-refractivity contribution in [2.45, 2.75) is 6.92 Å². The van der Waals surface area contributed by atoms with Crippen molar-refractivity contribution in [1.29, 1.82) is 0 Å². The van der Waals surface area contributed by atoms with E-state index in [0.717, 1.165) is 25.3 Å². The molecule has 0 aliphatic rings. The lowest BCUT2D eigenvalue weighted by Gasteiger charge is -2.10. The average molecular weight is 492 g/mol. The minimum atomic E-state index is -0.365. The summed E-state index contributed by atoms with van der Waals surface area (Å²) < 4.78 is 7.41. The van der Waals surface area contributed by atoms with E-state index < -0.39 is 0 Å². The number of carbonyl (C=O) groups is 1. The molecule has 3 aromatic carbocycles. The van der Waals surface area contributed by atoms with E-state index in [1.165, 1.54) is 0 Å². The fraction of sp³-hybridized carbons (Fsp3) is 0.100. The molecule has 0 aliphatic carbocycles. The van der Waals surface area contributed by atoms with Crippen molar-refractivity contribution in [1.82, 2.24) is 5.43 Å². The highest BCUT2D eigenvalue weighted by atomic mass is 79.9. The van der Waals surface area contributed by atoms with Gasteiger partial charge in [-0.25, -0.2) is 5.43 Å². The summed E-state index contributed by atoms with van der Waals surface area (Å²) in [5.41, 5.74) is 3.90. The molecular formula is C20H16Br2N2O3. The van der Waals surface area contributed by atoms with Crippen LogP contribution in [0.4, 0.5) is 0 Å². The third kappa shape index (κ3) is 4.87. The van der Waals surface area contributed by atoms with Gasteiger partial charge in [0.1, 0.15) is 11.5 Å². The Morgan fingerprint density at radius 1 is 1.11 bits per heavy atom. The normalized spacial score (nSPS) is 11.4. The summed E-state index contributed by atoms with van der Waals surface area (Å²) in [6.07, 6.45) is 0. The number of rotatable bonds is 5. The zero-order chi connectivity index (χ0) is 19.4. The lowest BCUT2D eigenvalue weighted by molar-refractivity contribution is -0.123. The maximum atomic E-state index is 12.0. The number of nitrogens with one attached hydrogen (secondary N) is 1. The molecule has 0 aliphatic heterocycles. The zero-order valence-corrected chi connectivity index (χ0v) is 17.5. The third-order valence-electron chi connectivity index (χ3n) is 3.87. The molecule has 3 rings (SSSR count). The maximum Gasteiger partial charge on any atom is 0.277 e. The van der Waals surface area contributed by atoms with Gasteiger partial charge in [0.2, 0.25) is 0 Å². The molecule has 5 nitrogen and oxygen atoms in total. The number of halogens is 2. The van der Waals surface area contributed by atoms with E-state index in [9.17, 15) is 9.90 Å². The van der Waals surface area contributed by atoms with E-state index in [4.69, 9.17) is 4.74 Å². The van der Waals surface area contributed by atoms with Gasteiger partial charge in [0.15, 0.2) is 6.61 Å². The summed E-state index contributed by atoms with van der Waals surface area (Å²) in [4.78, 5) is 12.0. The van der Waals surface area contributed by atoms with Crippen LogP contribution in [-0.2, 0) is 4.79 Å². The Balaban J connectivity index is 1.63. The standard InChI is InChI=1S/C20H16Br2N2O3/c1-12(13-2-6-16(25)7-3-13)23-24-19(26)11-27-18-9-4-14-10-15(21)5-8-17(14)20(18)22/h2-10,25H,11H2,1H3,(H,24,26). The molecule has 1 amide bonds. The van der Waals surface area contributed by atoms with Crippen molar-refractivity contribution < 1.29 is 14.6 Å². The molecule has 0 saturated carbocycles. The van der Waals surface area contributed by atoms with Crippen molar-refractivity contribution in [3.8, 4) is 11.5 Å². The van der Waals surface area contributed by atoms with Crippen LogP contribution in [0, 0.1) is 0 Å². The maximum absolute atomic E-state index is 12.0. The SMILES string of the molecule is CC(=NNC(=O)COc1ccc2cc(Br)ccc2c1Br)c1ccc(O)cc1. The van der Waals surface area contributed by atoms with Gasteiger partial charge in [0.25, 0.3) is 5.91 Å². The molecule has 0 bridgehead atoms. The first-order chi connectivity index (χ1) is 12.9. The minimum Gasteiger partial charge on any atom is -0.508 e. The molecule has 3 aromatic rings. The van der Waals surface area contributed by atoms with Gasteiger partial charge >= 0.3 is 0 Å². The minimum absolute atomic E-state index is 0.160. The second kappa shape index (κ2) is 8.54. The fourth-order valence-electron chi connectivity index (χ4n) is 2.44. The molecule has 0 unspecified atom stereocenters. The Bertz CT molecular complexity index is 1020. The van der Waals surface area contributed by atoms with Gasteiger partial charge in [-0.3, -0.25) is 4.79 Å². The lowest BCUT2D eigenvalue weighted by atomic mass is 10.1. The number of hydrogen-bond acceptors (Lipinski definition) is 4. The van der Waals surface area contributed by atoms with Crippen LogP contribution in [0.2, 0.25) is 0 Å². The Morgan fingerprint density at radius 3 is 2.59 bits per heavy atom. The summed E-state index contributed by atoms with van der Waals surface area (Å²) in [5.74, 6) is 0.396. The molecular weight excluding hydrogens is 476 g/mol. The highest BCUT2D eigenvalue weighted by molar-refractivity contribution is 9.11. The number of nitrogens with zero attached hydrogens (tertiary/aromatic N) is 1. The molecule has 27 heavy (non-hydrogen) atoms. The number of ether oxygens (including phenoxy) is 1. The number of aromatic hydroxyl groups is 1. The molecule has 138 valence electrons. The van der Waals surface area contributed by atoms with Crippen molar-refractivity contribution in [2.75, 3.05) is 6.61 Å². The lowest BCUT2D eigenvalue weighted by Crippen LogP contribution is -2.25. The van der Waals surface area contributed by atoms with Gasteiger partial charge in [0.05, 0.1) is 10.2 Å². The summed E-state index contributed by atoms with van der Waals surface area (Å²) in [6.45, 7) is 1.61. The number of carbonyl (C=O) groups excluding carboxylic acids is 1. The first-order valence-corrected chi connectivity index (χ1v) is 9.66. The number of fused-ring (bicyclic) bond motifs is 1. The van der Waals surface area contributed by atoms with Crippen LogP contribution in [0.5, 0.6) is 11.5 Å². The van der Waals surface area contributed by atoms with Crippen molar-refractivity contribution >= 4 is 54.3 Å². The zero-order valence-electron chi connectivity index (χ0n) is 14.4. The first-order valence-electron chi connectivity index (χ1n) is 8.07. The van der Waals surface area contributed by atoms with Gasteiger partial charge < -0.3 is 9.84 Å². The Morgan fingerprint density at radius 2 is 1.85 bits per heavy atom. The quantitative estimate of drug-likeness (QED) is 0.390. The van der Waals surface area contributed by atoms with Crippen molar-refractivity contribution in [3.05, 3.63) is 69.1 Å². The average Bonchev–Trinajstić information content (AvgIpc) is 2.66. The number of phenols is 1. The largest absolute Gasteiger partial charge is 0.508 e.